The first kappa shape index (κ1) is 30.1. The average Bonchev–Trinajstić information content (AvgIpc) is 3.19. The van der Waals surface area contributed by atoms with Crippen LogP contribution < -0.4 is 18.9 Å². The molecular formula is C33H37NO6S. The van der Waals surface area contributed by atoms with Crippen molar-refractivity contribution in [2.24, 2.45) is 0 Å². The molecule has 1 aliphatic rings. The molecule has 3 aromatic rings. The van der Waals surface area contributed by atoms with Gasteiger partial charge in [0.1, 0.15) is 31.3 Å². The molecule has 4 rings (SSSR count). The Morgan fingerprint density at radius 1 is 0.805 bits per heavy atom. The second kappa shape index (κ2) is 13.6. The third-order valence-corrected chi connectivity index (χ3v) is 7.25. The van der Waals surface area contributed by atoms with Crippen LogP contribution in [0.2, 0.25) is 0 Å². The number of carbonyl (C=O) groups excluding carboxylic acids is 2. The lowest BCUT2D eigenvalue weighted by Crippen LogP contribution is -2.32. The number of carbonyl (C=O) groups is 2. The highest BCUT2D eigenvalue weighted by Crippen LogP contribution is 2.35. The molecule has 3 aromatic carbocycles. The fourth-order valence-corrected chi connectivity index (χ4v) is 5.03. The number of amides is 2. The van der Waals surface area contributed by atoms with Gasteiger partial charge in [0, 0.05) is 0 Å². The van der Waals surface area contributed by atoms with Crippen LogP contribution in [0.4, 0.5) is 4.79 Å². The number of benzene rings is 3. The van der Waals surface area contributed by atoms with Crippen molar-refractivity contribution in [2.75, 3.05) is 33.0 Å². The zero-order valence-electron chi connectivity index (χ0n) is 24.3. The van der Waals surface area contributed by atoms with Crippen LogP contribution in [-0.2, 0) is 10.2 Å². The van der Waals surface area contributed by atoms with Crippen molar-refractivity contribution in [1.82, 2.24) is 4.90 Å². The fraction of sp³-hybridized carbons (Fsp3) is 0.333. The van der Waals surface area contributed by atoms with Crippen LogP contribution in [0, 0.1) is 6.92 Å². The maximum Gasteiger partial charge on any atom is 0.293 e. The highest BCUT2D eigenvalue weighted by Gasteiger charge is 2.34. The molecule has 1 heterocycles. The minimum Gasteiger partial charge on any atom is -0.492 e. The Morgan fingerprint density at radius 3 is 2.24 bits per heavy atom. The van der Waals surface area contributed by atoms with E-state index in [0.29, 0.717) is 42.0 Å². The summed E-state index contributed by atoms with van der Waals surface area (Å²) in [4.78, 5) is 27.0. The summed E-state index contributed by atoms with van der Waals surface area (Å²) in [6.45, 7) is 12.0. The Labute approximate surface area is 246 Å². The summed E-state index contributed by atoms with van der Waals surface area (Å²) in [5.41, 5.74) is 3.15. The molecule has 0 aliphatic carbocycles. The number of hydrogen-bond acceptors (Lipinski definition) is 7. The molecule has 216 valence electrons. The molecular weight excluding hydrogens is 538 g/mol. The molecule has 0 unspecified atom stereocenters. The van der Waals surface area contributed by atoms with Crippen LogP contribution >= 0.6 is 11.8 Å². The van der Waals surface area contributed by atoms with Crippen LogP contribution in [0.3, 0.4) is 0 Å². The maximum atomic E-state index is 12.9. The number of ether oxygens (including phenoxy) is 4. The molecule has 1 aliphatic heterocycles. The van der Waals surface area contributed by atoms with Gasteiger partial charge in [0.05, 0.1) is 18.1 Å². The number of thioether (sulfide) groups is 1. The lowest BCUT2D eigenvalue weighted by molar-refractivity contribution is -0.123. The minimum atomic E-state index is -0.334. The number of rotatable bonds is 12. The quantitative estimate of drug-likeness (QED) is 0.166. The monoisotopic (exact) mass is 575 g/mol. The first-order valence-electron chi connectivity index (χ1n) is 13.7. The number of nitrogens with zero attached hydrogens (tertiary/aromatic N) is 1. The highest BCUT2D eigenvalue weighted by molar-refractivity contribution is 8.18. The van der Waals surface area contributed by atoms with E-state index in [0.717, 1.165) is 28.6 Å². The number of hydrogen-bond donors (Lipinski definition) is 0. The van der Waals surface area contributed by atoms with Crippen molar-refractivity contribution in [2.45, 2.75) is 40.0 Å². The largest absolute Gasteiger partial charge is 0.492 e. The van der Waals surface area contributed by atoms with Gasteiger partial charge < -0.3 is 18.9 Å². The molecule has 0 atom stereocenters. The van der Waals surface area contributed by atoms with E-state index in [1.54, 1.807) is 18.2 Å². The van der Waals surface area contributed by atoms with Crippen LogP contribution in [-0.4, -0.2) is 49.0 Å². The van der Waals surface area contributed by atoms with Crippen LogP contribution in [0.5, 0.6) is 23.0 Å². The van der Waals surface area contributed by atoms with Crippen LogP contribution in [0.25, 0.3) is 6.08 Å². The molecule has 2 amide bonds. The lowest BCUT2D eigenvalue weighted by Gasteiger charge is -2.19. The molecule has 0 radical (unpaired) electrons. The van der Waals surface area contributed by atoms with Gasteiger partial charge in [-0.3, -0.25) is 14.5 Å². The summed E-state index contributed by atoms with van der Waals surface area (Å²) >= 11 is 0.920. The summed E-state index contributed by atoms with van der Waals surface area (Å²) < 4.78 is 23.3. The van der Waals surface area contributed by atoms with Crippen molar-refractivity contribution in [3.63, 3.8) is 0 Å². The van der Waals surface area contributed by atoms with E-state index in [9.17, 15) is 9.59 Å². The molecule has 0 bridgehead atoms. The Morgan fingerprint density at radius 2 is 1.54 bits per heavy atom. The second-order valence-corrected chi connectivity index (χ2v) is 11.6. The first-order chi connectivity index (χ1) is 19.6. The first-order valence-corrected chi connectivity index (χ1v) is 14.5. The minimum absolute atomic E-state index is 0.0921. The fourth-order valence-electron chi connectivity index (χ4n) is 4.17. The van der Waals surface area contributed by atoms with Gasteiger partial charge in [-0.2, -0.15) is 0 Å². The van der Waals surface area contributed by atoms with E-state index in [-0.39, 0.29) is 29.7 Å². The predicted octanol–water partition coefficient (Wildman–Crippen LogP) is 7.26. The third kappa shape index (κ3) is 8.30. The molecule has 0 N–H and O–H groups in total. The van der Waals surface area contributed by atoms with E-state index in [1.807, 2.05) is 56.3 Å². The second-order valence-electron chi connectivity index (χ2n) is 10.6. The lowest BCUT2D eigenvalue weighted by atomic mass is 9.87. The SMILES string of the molecule is CCOc1cc(/C=C2\SC(=O)N(CCOc3cccc(C)c3)C2=O)ccc1OCCOc1ccc(C(C)(C)C)cc1. The summed E-state index contributed by atoms with van der Waals surface area (Å²) in [7, 11) is 0. The van der Waals surface area contributed by atoms with E-state index in [4.69, 9.17) is 18.9 Å². The molecule has 0 aromatic heterocycles. The summed E-state index contributed by atoms with van der Waals surface area (Å²) in [6.07, 6.45) is 1.70. The number of imide groups is 1. The van der Waals surface area contributed by atoms with Crippen molar-refractivity contribution >= 4 is 29.0 Å². The van der Waals surface area contributed by atoms with E-state index < -0.39 is 0 Å². The summed E-state index contributed by atoms with van der Waals surface area (Å²) in [6, 6.07) is 21.2. The van der Waals surface area contributed by atoms with Crippen molar-refractivity contribution in [1.29, 1.82) is 0 Å². The zero-order chi connectivity index (χ0) is 29.4. The molecule has 1 saturated heterocycles. The Kier molecular flexibility index (Phi) is 10.00. The number of aryl methyl sites for hydroxylation is 1. The molecule has 1 fully saturated rings. The smallest absolute Gasteiger partial charge is 0.293 e. The molecule has 41 heavy (non-hydrogen) atoms. The van der Waals surface area contributed by atoms with Gasteiger partial charge in [-0.15, -0.1) is 0 Å². The molecule has 7 nitrogen and oxygen atoms in total. The summed E-state index contributed by atoms with van der Waals surface area (Å²) in [5.74, 6) is 2.30. The van der Waals surface area contributed by atoms with Crippen LogP contribution in [0.1, 0.15) is 44.4 Å². The predicted molar refractivity (Wildman–Crippen MR) is 163 cm³/mol. The van der Waals surface area contributed by atoms with Gasteiger partial charge in [-0.25, -0.2) is 0 Å². The van der Waals surface area contributed by atoms with Gasteiger partial charge in [0.2, 0.25) is 0 Å². The Balaban J connectivity index is 1.33. The van der Waals surface area contributed by atoms with E-state index in [1.165, 1.54) is 10.5 Å². The van der Waals surface area contributed by atoms with E-state index in [2.05, 4.69) is 32.9 Å². The Bertz CT molecular complexity index is 1390. The standard InChI is InChI=1S/C33H37NO6S/c1-6-37-29-21-24(10-15-28(29)40-19-18-39-26-13-11-25(12-14-26)33(3,4)5)22-30-31(35)34(32(36)41-30)16-17-38-27-9-7-8-23(2)20-27/h7-15,20-22H,6,16-19H2,1-5H3/b30-22-. The van der Waals surface area contributed by atoms with Crippen molar-refractivity contribution in [3.05, 3.63) is 88.3 Å². The van der Waals surface area contributed by atoms with Crippen molar-refractivity contribution in [3.8, 4) is 23.0 Å². The average molecular weight is 576 g/mol. The summed E-state index contributed by atoms with van der Waals surface area (Å²) in [5, 5.41) is -0.313. The molecule has 0 saturated carbocycles. The zero-order valence-corrected chi connectivity index (χ0v) is 25.1. The molecule has 0 spiro atoms. The van der Waals surface area contributed by atoms with Gasteiger partial charge in [0.25, 0.3) is 11.1 Å². The highest BCUT2D eigenvalue weighted by atomic mass is 32.2. The normalized spacial score (nSPS) is 14.5. The van der Waals surface area contributed by atoms with Gasteiger partial charge in [-0.05, 0) is 90.2 Å². The van der Waals surface area contributed by atoms with E-state index >= 15 is 0 Å². The van der Waals surface area contributed by atoms with Crippen molar-refractivity contribution < 1.29 is 28.5 Å². The maximum absolute atomic E-state index is 12.9. The van der Waals surface area contributed by atoms with Gasteiger partial charge >= 0.3 is 0 Å². The third-order valence-electron chi connectivity index (χ3n) is 6.34. The Hall–Kier alpha value is -3.91. The topological polar surface area (TPSA) is 74.3 Å². The van der Waals surface area contributed by atoms with Gasteiger partial charge in [0.15, 0.2) is 11.5 Å². The van der Waals surface area contributed by atoms with Crippen LogP contribution in [0.15, 0.2) is 71.6 Å². The van der Waals surface area contributed by atoms with Gasteiger partial charge in [-0.1, -0.05) is 51.1 Å². The molecule has 8 heteroatoms.